The van der Waals surface area contributed by atoms with Gasteiger partial charge in [0.2, 0.25) is 0 Å². The van der Waals surface area contributed by atoms with Crippen LogP contribution in [0.15, 0.2) is 0 Å². The first kappa shape index (κ1) is 16.1. The van der Waals surface area contributed by atoms with E-state index in [-0.39, 0.29) is 6.09 Å². The van der Waals surface area contributed by atoms with Crippen LogP contribution >= 0.6 is 0 Å². The monoisotopic (exact) mass is 287 g/mol. The highest BCUT2D eigenvalue weighted by molar-refractivity contribution is 5.82. The van der Waals surface area contributed by atoms with Gasteiger partial charge in [-0.25, -0.2) is 14.4 Å². The topological polar surface area (TPSA) is 99.2 Å². The maximum absolute atomic E-state index is 11.9. The molecule has 20 heavy (non-hydrogen) atoms. The Balaban J connectivity index is 2.43. The molecule has 2 N–H and O–H groups in total. The molecule has 8 nitrogen and oxygen atoms in total. The fourth-order valence-electron chi connectivity index (χ4n) is 1.89. The number of nitrogens with one attached hydrogen (secondary N) is 1. The first-order chi connectivity index (χ1) is 9.49. The third kappa shape index (κ3) is 4.29. The molecule has 0 bridgehead atoms. The molecule has 1 heterocycles. The summed E-state index contributed by atoms with van der Waals surface area (Å²) in [6.45, 7) is 5.24. The molecule has 114 valence electrons. The van der Waals surface area contributed by atoms with Gasteiger partial charge < -0.3 is 25.0 Å². The third-order valence-electron chi connectivity index (χ3n) is 3.10. The quantitative estimate of drug-likeness (QED) is 0.776. The largest absolute Gasteiger partial charge is 0.480 e. The van der Waals surface area contributed by atoms with E-state index < -0.39 is 18.0 Å². The Labute approximate surface area is 117 Å². The average Bonchev–Trinajstić information content (AvgIpc) is 2.44. The molecule has 0 aliphatic carbocycles. The predicted octanol–water partition coefficient (Wildman–Crippen LogP) is 0.333. The van der Waals surface area contributed by atoms with Gasteiger partial charge in [0.25, 0.3) is 0 Å². The lowest BCUT2D eigenvalue weighted by Gasteiger charge is -2.34. The average molecular weight is 287 g/mol. The second-order valence-corrected chi connectivity index (χ2v) is 4.42. The number of carboxylic acids is 1. The number of nitrogens with zero attached hydrogens (tertiary/aromatic N) is 2. The van der Waals surface area contributed by atoms with Crippen LogP contribution in [0.5, 0.6) is 0 Å². The molecule has 0 aromatic rings. The zero-order chi connectivity index (χ0) is 15.1. The maximum Gasteiger partial charge on any atom is 0.409 e. The van der Waals surface area contributed by atoms with E-state index in [2.05, 4.69) is 5.32 Å². The Morgan fingerprint density at radius 1 is 1.15 bits per heavy atom. The van der Waals surface area contributed by atoms with E-state index in [1.165, 1.54) is 9.80 Å². The number of carboxylic acid groups (broad SMARTS) is 1. The van der Waals surface area contributed by atoms with Gasteiger partial charge in [0, 0.05) is 26.2 Å². The highest BCUT2D eigenvalue weighted by Gasteiger charge is 2.27. The van der Waals surface area contributed by atoms with Crippen LogP contribution in [0, 0.1) is 0 Å². The number of hydrogen-bond acceptors (Lipinski definition) is 4. The number of carbonyl (C=O) groups is 3. The lowest BCUT2D eigenvalue weighted by Crippen LogP contribution is -2.55. The molecular formula is C12H21N3O5. The number of urea groups is 1. The highest BCUT2D eigenvalue weighted by atomic mass is 16.6. The summed E-state index contributed by atoms with van der Waals surface area (Å²) in [5.41, 5.74) is 0. The van der Waals surface area contributed by atoms with Crippen molar-refractivity contribution < 1.29 is 24.2 Å². The van der Waals surface area contributed by atoms with Gasteiger partial charge in [-0.05, 0) is 13.3 Å². The Kier molecular flexibility index (Phi) is 6.08. The van der Waals surface area contributed by atoms with Crippen molar-refractivity contribution >= 4 is 18.1 Å². The van der Waals surface area contributed by atoms with Crippen LogP contribution in [0.4, 0.5) is 9.59 Å². The zero-order valence-electron chi connectivity index (χ0n) is 11.8. The predicted molar refractivity (Wildman–Crippen MR) is 70.4 cm³/mol. The van der Waals surface area contributed by atoms with Crippen molar-refractivity contribution in [1.29, 1.82) is 0 Å². The lowest BCUT2D eigenvalue weighted by atomic mass is 10.2. The van der Waals surface area contributed by atoms with E-state index in [0.29, 0.717) is 39.2 Å². The molecule has 1 fully saturated rings. The summed E-state index contributed by atoms with van der Waals surface area (Å²) in [5.74, 6) is -1.05. The van der Waals surface area contributed by atoms with Crippen molar-refractivity contribution in [1.82, 2.24) is 15.1 Å². The van der Waals surface area contributed by atoms with Gasteiger partial charge >= 0.3 is 18.1 Å². The molecule has 1 saturated heterocycles. The molecule has 8 heteroatoms. The summed E-state index contributed by atoms with van der Waals surface area (Å²) < 4.78 is 4.88. The van der Waals surface area contributed by atoms with E-state index in [1.54, 1.807) is 13.8 Å². The van der Waals surface area contributed by atoms with Gasteiger partial charge in [-0.3, -0.25) is 0 Å². The summed E-state index contributed by atoms with van der Waals surface area (Å²) >= 11 is 0. The van der Waals surface area contributed by atoms with E-state index in [1.807, 2.05) is 0 Å². The Morgan fingerprint density at radius 2 is 1.70 bits per heavy atom. The second-order valence-electron chi connectivity index (χ2n) is 4.42. The Morgan fingerprint density at radius 3 is 2.15 bits per heavy atom. The van der Waals surface area contributed by atoms with E-state index in [0.717, 1.165) is 0 Å². The number of amides is 3. The highest BCUT2D eigenvalue weighted by Crippen LogP contribution is 2.05. The lowest BCUT2D eigenvalue weighted by molar-refractivity contribution is -0.139. The van der Waals surface area contributed by atoms with Crippen molar-refractivity contribution in [2.24, 2.45) is 0 Å². The maximum atomic E-state index is 11.9. The van der Waals surface area contributed by atoms with Crippen LogP contribution in [-0.4, -0.2) is 71.8 Å². The minimum Gasteiger partial charge on any atom is -0.480 e. The molecule has 1 rings (SSSR count). The van der Waals surface area contributed by atoms with Gasteiger partial charge in [-0.2, -0.15) is 0 Å². The van der Waals surface area contributed by atoms with Crippen LogP contribution in [0.2, 0.25) is 0 Å². The van der Waals surface area contributed by atoms with E-state index in [4.69, 9.17) is 9.84 Å². The van der Waals surface area contributed by atoms with Gasteiger partial charge in [0.1, 0.15) is 6.04 Å². The normalized spacial score (nSPS) is 16.5. The van der Waals surface area contributed by atoms with Crippen LogP contribution in [0.3, 0.4) is 0 Å². The minimum absolute atomic E-state index is 0.316. The molecule has 1 aliphatic rings. The zero-order valence-corrected chi connectivity index (χ0v) is 11.8. The molecule has 0 aromatic heterocycles. The molecule has 3 amide bonds. The number of aliphatic carboxylic acids is 1. The fraction of sp³-hybridized carbons (Fsp3) is 0.750. The summed E-state index contributed by atoms with van der Waals surface area (Å²) in [7, 11) is 0. The fourth-order valence-corrected chi connectivity index (χ4v) is 1.89. The molecule has 0 aromatic carbocycles. The van der Waals surface area contributed by atoms with Gasteiger partial charge in [0.15, 0.2) is 0 Å². The smallest absolute Gasteiger partial charge is 0.409 e. The first-order valence-corrected chi connectivity index (χ1v) is 6.69. The van der Waals surface area contributed by atoms with Crippen molar-refractivity contribution in [3.63, 3.8) is 0 Å². The molecule has 1 atom stereocenters. The minimum atomic E-state index is -1.05. The van der Waals surface area contributed by atoms with E-state index in [9.17, 15) is 14.4 Å². The van der Waals surface area contributed by atoms with Crippen LogP contribution in [0.25, 0.3) is 0 Å². The number of ether oxygens (including phenoxy) is 1. The number of hydrogen-bond donors (Lipinski definition) is 2. The molecule has 0 unspecified atom stereocenters. The second kappa shape index (κ2) is 7.56. The van der Waals surface area contributed by atoms with Gasteiger partial charge in [-0.1, -0.05) is 6.92 Å². The summed E-state index contributed by atoms with van der Waals surface area (Å²) in [5, 5.41) is 11.3. The van der Waals surface area contributed by atoms with Crippen molar-refractivity contribution in [2.75, 3.05) is 32.8 Å². The van der Waals surface area contributed by atoms with Crippen molar-refractivity contribution in [2.45, 2.75) is 26.3 Å². The molecular weight excluding hydrogens is 266 g/mol. The van der Waals surface area contributed by atoms with Gasteiger partial charge in [0.05, 0.1) is 6.61 Å². The van der Waals surface area contributed by atoms with E-state index >= 15 is 0 Å². The molecule has 0 saturated carbocycles. The summed E-state index contributed by atoms with van der Waals surface area (Å²) in [4.78, 5) is 37.3. The molecule has 1 aliphatic heterocycles. The summed E-state index contributed by atoms with van der Waals surface area (Å²) in [6, 6.07) is -1.30. The Hall–Kier alpha value is -1.99. The first-order valence-electron chi connectivity index (χ1n) is 6.69. The van der Waals surface area contributed by atoms with Crippen LogP contribution < -0.4 is 5.32 Å². The molecule has 0 radical (unpaired) electrons. The van der Waals surface area contributed by atoms with Crippen molar-refractivity contribution in [3.8, 4) is 0 Å². The number of piperazine rings is 1. The standard InChI is InChI=1S/C12H21N3O5/c1-3-9(10(16)17)13-11(18)14-5-7-15(8-6-14)12(19)20-4-2/h9H,3-8H2,1-2H3,(H,13,18)(H,16,17)/t9-/m1/s1. The molecule has 0 spiro atoms. The summed E-state index contributed by atoms with van der Waals surface area (Å²) in [6.07, 6.45) is -0.0614. The Bertz CT molecular complexity index is 366. The number of rotatable bonds is 4. The number of carbonyl (C=O) groups excluding carboxylic acids is 2. The SMILES string of the molecule is CCOC(=O)N1CCN(C(=O)N[C@H](CC)C(=O)O)CC1. The third-order valence-corrected chi connectivity index (χ3v) is 3.10. The van der Waals surface area contributed by atoms with Crippen LogP contribution in [-0.2, 0) is 9.53 Å². The van der Waals surface area contributed by atoms with Gasteiger partial charge in [-0.15, -0.1) is 0 Å². The van der Waals surface area contributed by atoms with Crippen LogP contribution in [0.1, 0.15) is 20.3 Å². The van der Waals surface area contributed by atoms with Crippen molar-refractivity contribution in [3.05, 3.63) is 0 Å².